The maximum absolute atomic E-state index is 14.5. The lowest BCUT2D eigenvalue weighted by Crippen LogP contribution is -2.58. The van der Waals surface area contributed by atoms with Gasteiger partial charge in [0.15, 0.2) is 0 Å². The molecule has 3 fully saturated rings. The number of rotatable bonds is 10. The second-order valence-corrected chi connectivity index (χ2v) is 17.4. The predicted octanol–water partition coefficient (Wildman–Crippen LogP) is 4.59. The van der Waals surface area contributed by atoms with E-state index in [1.165, 1.54) is 4.90 Å². The first-order valence-corrected chi connectivity index (χ1v) is 20.6. The molecule has 0 radical (unpaired) electrons. The zero-order valence-electron chi connectivity index (χ0n) is 32.2. The third-order valence-electron chi connectivity index (χ3n) is 10.6. The maximum Gasteiger partial charge on any atom is 0.408 e. The first-order valence-electron chi connectivity index (χ1n) is 19.2. The Balaban J connectivity index is 1.29. The number of aromatic nitrogens is 1. The molecule has 16 heteroatoms. The molecular formula is C39H53N5O10S. The molecule has 2 saturated carbocycles. The van der Waals surface area contributed by atoms with E-state index < -0.39 is 75.0 Å². The van der Waals surface area contributed by atoms with E-state index in [-0.39, 0.29) is 19.4 Å². The van der Waals surface area contributed by atoms with Crippen LogP contribution in [-0.2, 0) is 33.6 Å². The minimum Gasteiger partial charge on any atom is -0.497 e. The van der Waals surface area contributed by atoms with Crippen LogP contribution >= 0.6 is 0 Å². The molecule has 0 bridgehead atoms. The number of nitrogens with one attached hydrogen (secondary N) is 3. The average Bonchev–Trinajstić information content (AvgIpc) is 3.98. The van der Waals surface area contributed by atoms with Crippen LogP contribution in [0.2, 0.25) is 0 Å². The van der Waals surface area contributed by atoms with Crippen molar-refractivity contribution < 1.29 is 46.0 Å². The van der Waals surface area contributed by atoms with Gasteiger partial charge in [-0.1, -0.05) is 38.3 Å². The highest BCUT2D eigenvalue weighted by Gasteiger charge is 2.62. The van der Waals surface area contributed by atoms with E-state index in [9.17, 15) is 27.6 Å². The molecule has 1 aromatic heterocycles. The highest BCUT2D eigenvalue weighted by atomic mass is 32.2. The molecule has 0 spiro atoms. The van der Waals surface area contributed by atoms with E-state index in [0.717, 1.165) is 24.6 Å². The van der Waals surface area contributed by atoms with Crippen LogP contribution in [0.1, 0.15) is 98.3 Å². The Morgan fingerprint density at radius 3 is 2.60 bits per heavy atom. The van der Waals surface area contributed by atoms with Crippen molar-refractivity contribution in [2.24, 2.45) is 5.92 Å². The lowest BCUT2D eigenvalue weighted by molar-refractivity contribution is -0.141. The highest BCUT2D eigenvalue weighted by molar-refractivity contribution is 7.85. The van der Waals surface area contributed by atoms with Gasteiger partial charge in [0.25, 0.3) is 5.91 Å². The number of hydrogen-bond donors (Lipinski definition) is 3. The number of alkyl carbamates (subject to hydrolysis) is 1. The van der Waals surface area contributed by atoms with Crippen molar-refractivity contribution in [2.75, 3.05) is 13.7 Å². The normalized spacial score (nSPS) is 26.7. The van der Waals surface area contributed by atoms with E-state index in [1.54, 1.807) is 40.1 Å². The van der Waals surface area contributed by atoms with Gasteiger partial charge in [-0.3, -0.25) is 14.4 Å². The van der Waals surface area contributed by atoms with Gasteiger partial charge < -0.3 is 29.7 Å². The van der Waals surface area contributed by atoms with Crippen LogP contribution in [0.5, 0.6) is 11.6 Å². The smallest absolute Gasteiger partial charge is 0.408 e. The number of amides is 4. The van der Waals surface area contributed by atoms with Crippen molar-refractivity contribution in [1.29, 1.82) is 0 Å². The van der Waals surface area contributed by atoms with Crippen LogP contribution in [-0.4, -0.2) is 90.7 Å². The number of fused-ring (bicyclic) bond motifs is 3. The Morgan fingerprint density at radius 2 is 1.89 bits per heavy atom. The van der Waals surface area contributed by atoms with Crippen molar-refractivity contribution in [3.63, 3.8) is 0 Å². The SMILES string of the molecule is CCCC1(OS(=O)(=O)NC(=O)[C@@]23C[C@H]2C=CCCCCC[C@H](NC(=O)OC(C)(C)C)C(=O)N2C[C@H](Oc4nccc5cc(OC)ccc45)C[C@H]2C(=O)N3)CC1. The number of hydrogen-bond acceptors (Lipinski definition) is 11. The molecule has 1 aromatic carbocycles. The van der Waals surface area contributed by atoms with Crippen molar-refractivity contribution in [1.82, 2.24) is 25.2 Å². The molecule has 2 aliphatic heterocycles. The predicted molar refractivity (Wildman–Crippen MR) is 202 cm³/mol. The zero-order valence-corrected chi connectivity index (χ0v) is 33.0. The van der Waals surface area contributed by atoms with E-state index in [1.807, 2.05) is 37.3 Å². The molecule has 4 amide bonds. The van der Waals surface area contributed by atoms with Gasteiger partial charge in [-0.15, -0.1) is 0 Å². The fourth-order valence-corrected chi connectivity index (χ4v) is 8.72. The van der Waals surface area contributed by atoms with Crippen molar-refractivity contribution >= 4 is 44.9 Å². The van der Waals surface area contributed by atoms with Crippen LogP contribution in [0, 0.1) is 5.92 Å². The van der Waals surface area contributed by atoms with Gasteiger partial charge in [0.2, 0.25) is 17.7 Å². The number of nitrogens with zero attached hydrogens (tertiary/aromatic N) is 2. The van der Waals surface area contributed by atoms with Crippen molar-refractivity contribution in [2.45, 2.75) is 133 Å². The number of allylic oxidation sites excluding steroid dienone is 1. The van der Waals surface area contributed by atoms with E-state index in [2.05, 4.69) is 20.3 Å². The number of benzene rings is 1. The topological polar surface area (TPSA) is 192 Å². The summed E-state index contributed by atoms with van der Waals surface area (Å²) in [7, 11) is -2.92. The third-order valence-corrected chi connectivity index (χ3v) is 11.6. The minimum atomic E-state index is -4.49. The summed E-state index contributed by atoms with van der Waals surface area (Å²) in [6, 6.07) is 5.11. The summed E-state index contributed by atoms with van der Waals surface area (Å²) in [5, 5.41) is 7.11. The number of carbonyl (C=O) groups excluding carboxylic acids is 4. The summed E-state index contributed by atoms with van der Waals surface area (Å²) in [4.78, 5) is 61.6. The Labute approximate surface area is 322 Å². The van der Waals surface area contributed by atoms with Crippen LogP contribution in [0.4, 0.5) is 4.79 Å². The minimum absolute atomic E-state index is 0.0259. The number of methoxy groups -OCH3 is 1. The summed E-state index contributed by atoms with van der Waals surface area (Å²) in [6.45, 7) is 7.08. The molecule has 5 atom stereocenters. The molecule has 55 heavy (non-hydrogen) atoms. The monoisotopic (exact) mass is 783 g/mol. The second kappa shape index (κ2) is 16.0. The largest absolute Gasteiger partial charge is 0.497 e. The molecule has 2 aliphatic carbocycles. The molecular weight excluding hydrogens is 731 g/mol. The van der Waals surface area contributed by atoms with Crippen LogP contribution < -0.4 is 24.8 Å². The van der Waals surface area contributed by atoms with E-state index in [4.69, 9.17) is 18.4 Å². The van der Waals surface area contributed by atoms with E-state index >= 15 is 0 Å². The van der Waals surface area contributed by atoms with Crippen LogP contribution in [0.3, 0.4) is 0 Å². The number of carbonyl (C=O) groups is 4. The average molecular weight is 784 g/mol. The number of ether oxygens (including phenoxy) is 3. The molecule has 3 heterocycles. The van der Waals surface area contributed by atoms with Gasteiger partial charge in [0, 0.05) is 23.9 Å². The summed E-state index contributed by atoms with van der Waals surface area (Å²) < 4.78 is 51.1. The van der Waals surface area contributed by atoms with Crippen LogP contribution in [0.15, 0.2) is 42.6 Å². The van der Waals surface area contributed by atoms with Gasteiger partial charge in [-0.25, -0.2) is 18.7 Å². The van der Waals surface area contributed by atoms with Gasteiger partial charge >= 0.3 is 16.4 Å². The molecule has 1 saturated heterocycles. The van der Waals surface area contributed by atoms with Gasteiger partial charge in [0.05, 0.1) is 19.3 Å². The van der Waals surface area contributed by atoms with Crippen LogP contribution in [0.25, 0.3) is 10.8 Å². The van der Waals surface area contributed by atoms with Gasteiger partial charge in [-0.05, 0) is 95.4 Å². The molecule has 15 nitrogen and oxygen atoms in total. The quantitative estimate of drug-likeness (QED) is 0.286. The second-order valence-electron chi connectivity index (χ2n) is 16.1. The lowest BCUT2D eigenvalue weighted by atomic mass is 10.0. The van der Waals surface area contributed by atoms with Gasteiger partial charge in [-0.2, -0.15) is 8.42 Å². The third kappa shape index (κ3) is 9.69. The molecule has 4 aliphatic rings. The molecule has 2 aromatic rings. The standard InChI is InChI=1S/C39H53N5O10S/c1-6-17-38(18-19-38)54-55(49,50)43-35(47)39-23-26(39)12-10-8-7-9-11-13-30(41-36(48)53-37(2,3)4)34(46)44-24-28(22-31(44)32(45)42-39)52-33-29-15-14-27(51-5)21-25(29)16-20-40-33/h10,12,14-16,20-21,26,28,30-31H,6-9,11,13,17-19,22-24H2,1-5H3,(H,41,48)(H,42,45)(H,43,47)/t26-,28-,30+,31+,39-/m1/s1. The van der Waals surface area contributed by atoms with Crippen molar-refractivity contribution in [3.05, 3.63) is 42.6 Å². The van der Waals surface area contributed by atoms with Crippen molar-refractivity contribution in [3.8, 4) is 11.6 Å². The summed E-state index contributed by atoms with van der Waals surface area (Å²) in [5.41, 5.74) is -3.22. The lowest BCUT2D eigenvalue weighted by Gasteiger charge is -2.30. The fraction of sp³-hybridized carbons (Fsp3) is 0.615. The Hall–Kier alpha value is -4.44. The molecule has 300 valence electrons. The summed E-state index contributed by atoms with van der Waals surface area (Å²) in [6.07, 6.45) is 9.59. The highest BCUT2D eigenvalue weighted by Crippen LogP contribution is 2.47. The zero-order chi connectivity index (χ0) is 39.6. The number of pyridine rings is 1. The molecule has 0 unspecified atom stereocenters. The molecule has 6 rings (SSSR count). The summed E-state index contributed by atoms with van der Waals surface area (Å²) in [5.74, 6) is -1.60. The molecule has 3 N–H and O–H groups in total. The first kappa shape index (κ1) is 40.2. The fourth-order valence-electron chi connectivity index (χ4n) is 7.55. The first-order chi connectivity index (χ1) is 26.1. The summed E-state index contributed by atoms with van der Waals surface area (Å²) >= 11 is 0. The van der Waals surface area contributed by atoms with E-state index in [0.29, 0.717) is 55.5 Å². The Kier molecular flexibility index (Phi) is 11.7. The maximum atomic E-state index is 14.5. The Bertz CT molecular complexity index is 1930. The van der Waals surface area contributed by atoms with Gasteiger partial charge in [0.1, 0.15) is 35.1 Å². The Morgan fingerprint density at radius 1 is 1.11 bits per heavy atom.